The summed E-state index contributed by atoms with van der Waals surface area (Å²) in [6.07, 6.45) is 7.71. The number of halogens is 2. The first-order valence-corrected chi connectivity index (χ1v) is 6.51. The van der Waals surface area contributed by atoms with Crippen LogP contribution in [0.4, 0.5) is 8.78 Å². The third-order valence-corrected chi connectivity index (χ3v) is 3.55. The zero-order valence-electron chi connectivity index (χ0n) is 10.7. The zero-order chi connectivity index (χ0) is 13.0. The molecule has 0 spiro atoms. The Hall–Kier alpha value is -1.22. The van der Waals surface area contributed by atoms with E-state index in [-0.39, 0.29) is 6.04 Å². The van der Waals surface area contributed by atoms with Crippen molar-refractivity contribution in [1.82, 2.24) is 5.32 Å². The van der Waals surface area contributed by atoms with Crippen LogP contribution in [0.3, 0.4) is 0 Å². The second-order valence-corrected chi connectivity index (χ2v) is 4.82. The number of hydrogen-bond acceptors (Lipinski definition) is 1. The van der Waals surface area contributed by atoms with E-state index in [1.165, 1.54) is 30.5 Å². The summed E-state index contributed by atoms with van der Waals surface area (Å²) in [7, 11) is 1.92. The lowest BCUT2D eigenvalue weighted by Crippen LogP contribution is -2.30. The lowest BCUT2D eigenvalue weighted by Gasteiger charge is -2.23. The summed E-state index contributed by atoms with van der Waals surface area (Å²) < 4.78 is 26.0. The van der Waals surface area contributed by atoms with Crippen molar-refractivity contribution < 1.29 is 8.78 Å². The average molecular weight is 251 g/mol. The van der Waals surface area contributed by atoms with Crippen LogP contribution in [-0.2, 0) is 6.42 Å². The van der Waals surface area contributed by atoms with Crippen molar-refractivity contribution in [2.24, 2.45) is 0 Å². The lowest BCUT2D eigenvalue weighted by atomic mass is 9.90. The Morgan fingerprint density at radius 1 is 1.22 bits per heavy atom. The molecule has 1 aromatic rings. The number of nitrogens with one attached hydrogen (secondary N) is 1. The van der Waals surface area contributed by atoms with Crippen molar-refractivity contribution in [1.29, 1.82) is 0 Å². The monoisotopic (exact) mass is 251 g/mol. The van der Waals surface area contributed by atoms with E-state index in [0.29, 0.717) is 6.42 Å². The molecule has 1 aromatic carbocycles. The molecule has 98 valence electrons. The molecule has 0 amide bonds. The van der Waals surface area contributed by atoms with E-state index in [1.54, 1.807) is 6.07 Å². The van der Waals surface area contributed by atoms with E-state index in [4.69, 9.17) is 0 Å². The van der Waals surface area contributed by atoms with Gasteiger partial charge in [0.25, 0.3) is 0 Å². The summed E-state index contributed by atoms with van der Waals surface area (Å²) in [6.45, 7) is 0. The van der Waals surface area contributed by atoms with Gasteiger partial charge in [0.15, 0.2) is 11.6 Å². The Bertz CT molecular complexity index is 440. The summed E-state index contributed by atoms with van der Waals surface area (Å²) in [5, 5.41) is 3.27. The zero-order valence-corrected chi connectivity index (χ0v) is 10.7. The molecule has 1 atom stereocenters. The fourth-order valence-corrected chi connectivity index (χ4v) is 2.50. The fourth-order valence-electron chi connectivity index (χ4n) is 2.50. The lowest BCUT2D eigenvalue weighted by molar-refractivity contribution is 0.504. The highest BCUT2D eigenvalue weighted by Crippen LogP contribution is 2.22. The van der Waals surface area contributed by atoms with Gasteiger partial charge in [0, 0.05) is 6.04 Å². The van der Waals surface area contributed by atoms with E-state index >= 15 is 0 Å². The number of likely N-dealkylation sites (N-methyl/N-ethyl adjacent to an activating group) is 1. The van der Waals surface area contributed by atoms with Crippen molar-refractivity contribution in [3.8, 4) is 0 Å². The van der Waals surface area contributed by atoms with Gasteiger partial charge >= 0.3 is 0 Å². The molecule has 0 bridgehead atoms. The Kier molecular flexibility index (Phi) is 4.48. The molecule has 1 aliphatic rings. The van der Waals surface area contributed by atoms with Crippen LogP contribution in [0.2, 0.25) is 0 Å². The van der Waals surface area contributed by atoms with E-state index in [2.05, 4.69) is 11.4 Å². The average Bonchev–Trinajstić information content (AvgIpc) is 2.41. The molecular formula is C15H19F2N. The standard InChI is InChI=1S/C15H19F2N/c1-18-15(12-5-3-2-4-6-12)10-11-7-8-13(16)14(17)9-11/h5,7-9,15,18H,2-4,6,10H2,1H3. The summed E-state index contributed by atoms with van der Waals surface area (Å²) in [4.78, 5) is 0. The summed E-state index contributed by atoms with van der Waals surface area (Å²) in [5.74, 6) is -1.54. The number of benzene rings is 1. The van der Waals surface area contributed by atoms with Crippen LogP contribution in [0.25, 0.3) is 0 Å². The molecule has 18 heavy (non-hydrogen) atoms. The molecule has 0 aromatic heterocycles. The van der Waals surface area contributed by atoms with Gasteiger partial charge in [-0.25, -0.2) is 8.78 Å². The highest BCUT2D eigenvalue weighted by molar-refractivity contribution is 5.23. The Morgan fingerprint density at radius 3 is 2.67 bits per heavy atom. The first-order chi connectivity index (χ1) is 8.70. The summed E-state index contributed by atoms with van der Waals surface area (Å²) in [6, 6.07) is 4.39. The molecule has 3 heteroatoms. The van der Waals surface area contributed by atoms with Crippen molar-refractivity contribution in [2.45, 2.75) is 38.1 Å². The van der Waals surface area contributed by atoms with E-state index < -0.39 is 11.6 Å². The third kappa shape index (κ3) is 3.16. The van der Waals surface area contributed by atoms with E-state index in [9.17, 15) is 8.78 Å². The smallest absolute Gasteiger partial charge is 0.159 e. The molecule has 1 aliphatic carbocycles. The fraction of sp³-hybridized carbons (Fsp3) is 0.467. The van der Waals surface area contributed by atoms with Gasteiger partial charge in [0.1, 0.15) is 0 Å². The first-order valence-electron chi connectivity index (χ1n) is 6.51. The maximum atomic E-state index is 13.2. The van der Waals surface area contributed by atoms with Gasteiger partial charge in [-0.2, -0.15) is 0 Å². The predicted octanol–water partition coefficient (Wildman–Crippen LogP) is 3.60. The second kappa shape index (κ2) is 6.10. The van der Waals surface area contributed by atoms with Crippen molar-refractivity contribution in [2.75, 3.05) is 7.05 Å². The summed E-state index contributed by atoms with van der Waals surface area (Å²) in [5.41, 5.74) is 2.23. The van der Waals surface area contributed by atoms with Gasteiger partial charge in [-0.1, -0.05) is 17.7 Å². The molecule has 0 fully saturated rings. The van der Waals surface area contributed by atoms with Gasteiger partial charge in [-0.15, -0.1) is 0 Å². The predicted molar refractivity (Wildman–Crippen MR) is 69.5 cm³/mol. The quantitative estimate of drug-likeness (QED) is 0.806. The minimum absolute atomic E-state index is 0.232. The first kappa shape index (κ1) is 13.2. The van der Waals surface area contributed by atoms with Crippen molar-refractivity contribution >= 4 is 0 Å². The van der Waals surface area contributed by atoms with Crippen LogP contribution >= 0.6 is 0 Å². The minimum atomic E-state index is -0.781. The van der Waals surface area contributed by atoms with Crippen LogP contribution in [0.5, 0.6) is 0 Å². The SMILES string of the molecule is CNC(Cc1ccc(F)c(F)c1)C1=CCCCC1. The van der Waals surface area contributed by atoms with Crippen molar-refractivity contribution in [3.05, 3.63) is 47.0 Å². The molecular weight excluding hydrogens is 232 g/mol. The summed E-state index contributed by atoms with van der Waals surface area (Å²) >= 11 is 0. The highest BCUT2D eigenvalue weighted by atomic mass is 19.2. The Morgan fingerprint density at radius 2 is 2.06 bits per heavy atom. The van der Waals surface area contributed by atoms with Crippen LogP contribution in [0, 0.1) is 11.6 Å². The molecule has 0 saturated heterocycles. The normalized spacial score (nSPS) is 17.4. The Balaban J connectivity index is 2.09. The van der Waals surface area contributed by atoms with Gasteiger partial charge in [-0.05, 0) is 56.8 Å². The minimum Gasteiger partial charge on any atom is -0.313 e. The van der Waals surface area contributed by atoms with Gasteiger partial charge in [-0.3, -0.25) is 0 Å². The van der Waals surface area contributed by atoms with Gasteiger partial charge in [0.05, 0.1) is 0 Å². The maximum absolute atomic E-state index is 13.2. The molecule has 0 saturated carbocycles. The highest BCUT2D eigenvalue weighted by Gasteiger charge is 2.15. The number of allylic oxidation sites excluding steroid dienone is 1. The van der Waals surface area contributed by atoms with Crippen LogP contribution in [0.15, 0.2) is 29.8 Å². The maximum Gasteiger partial charge on any atom is 0.159 e. The Labute approximate surface area is 107 Å². The molecule has 1 unspecified atom stereocenters. The van der Waals surface area contributed by atoms with Crippen LogP contribution < -0.4 is 5.32 Å². The topological polar surface area (TPSA) is 12.0 Å². The third-order valence-electron chi connectivity index (χ3n) is 3.55. The van der Waals surface area contributed by atoms with Crippen molar-refractivity contribution in [3.63, 3.8) is 0 Å². The van der Waals surface area contributed by atoms with Crippen LogP contribution in [0.1, 0.15) is 31.2 Å². The largest absolute Gasteiger partial charge is 0.313 e. The molecule has 0 heterocycles. The molecule has 2 rings (SSSR count). The molecule has 1 nitrogen and oxygen atoms in total. The number of hydrogen-bond donors (Lipinski definition) is 1. The van der Waals surface area contributed by atoms with Gasteiger partial charge in [0.2, 0.25) is 0 Å². The molecule has 1 N–H and O–H groups in total. The second-order valence-electron chi connectivity index (χ2n) is 4.82. The molecule has 0 aliphatic heterocycles. The van der Waals surface area contributed by atoms with Crippen LogP contribution in [-0.4, -0.2) is 13.1 Å². The van der Waals surface area contributed by atoms with E-state index in [1.807, 2.05) is 7.05 Å². The van der Waals surface area contributed by atoms with Gasteiger partial charge < -0.3 is 5.32 Å². The molecule has 0 radical (unpaired) electrons. The van der Waals surface area contributed by atoms with E-state index in [0.717, 1.165) is 18.4 Å². The number of rotatable bonds is 4.